The van der Waals surface area contributed by atoms with E-state index >= 15 is 0 Å². The molecule has 1 atom stereocenters. The first-order chi connectivity index (χ1) is 9.23. The third kappa shape index (κ3) is 3.77. The van der Waals surface area contributed by atoms with Gasteiger partial charge in [-0.15, -0.1) is 0 Å². The standard InChI is InChI=1S/C12H13BrN2O5/c1-6(2)10(12(17)18)14-11(16)7-3-4-8(13)9(5-7)15(19)20/h3-6,10H,1-2H3,(H,14,16)(H,17,18)/t10-/m1/s1. The number of nitrogens with one attached hydrogen (secondary N) is 1. The molecule has 0 saturated carbocycles. The minimum absolute atomic E-state index is 0.0341. The van der Waals surface area contributed by atoms with Crippen LogP contribution in [0.4, 0.5) is 5.69 Å². The van der Waals surface area contributed by atoms with E-state index in [0.717, 1.165) is 6.07 Å². The number of nitrogens with zero attached hydrogens (tertiary/aromatic N) is 1. The van der Waals surface area contributed by atoms with Gasteiger partial charge in [-0.2, -0.15) is 0 Å². The van der Waals surface area contributed by atoms with E-state index < -0.39 is 22.8 Å². The van der Waals surface area contributed by atoms with E-state index in [0.29, 0.717) is 0 Å². The largest absolute Gasteiger partial charge is 0.480 e. The Morgan fingerprint density at radius 3 is 2.45 bits per heavy atom. The quantitative estimate of drug-likeness (QED) is 0.628. The minimum Gasteiger partial charge on any atom is -0.480 e. The van der Waals surface area contributed by atoms with Gasteiger partial charge in [-0.25, -0.2) is 4.79 Å². The molecule has 0 saturated heterocycles. The molecule has 2 N–H and O–H groups in total. The molecule has 0 unspecified atom stereocenters. The Bertz CT molecular complexity index is 559. The van der Waals surface area contributed by atoms with E-state index in [9.17, 15) is 19.7 Å². The number of carboxylic acid groups (broad SMARTS) is 1. The Morgan fingerprint density at radius 2 is 2.00 bits per heavy atom. The van der Waals surface area contributed by atoms with Gasteiger partial charge in [0.1, 0.15) is 6.04 Å². The molecule has 20 heavy (non-hydrogen) atoms. The lowest BCUT2D eigenvalue weighted by atomic mass is 10.0. The van der Waals surface area contributed by atoms with Crippen molar-refractivity contribution in [2.75, 3.05) is 0 Å². The molecule has 0 aliphatic carbocycles. The fourth-order valence-corrected chi connectivity index (χ4v) is 1.92. The van der Waals surface area contributed by atoms with Gasteiger partial charge in [0.15, 0.2) is 0 Å². The van der Waals surface area contributed by atoms with E-state index in [4.69, 9.17) is 5.11 Å². The van der Waals surface area contributed by atoms with E-state index in [-0.39, 0.29) is 21.6 Å². The fraction of sp³-hybridized carbons (Fsp3) is 0.333. The predicted octanol–water partition coefficient (Wildman–Crippen LogP) is 2.20. The molecule has 1 rings (SSSR count). The number of halogens is 1. The van der Waals surface area contributed by atoms with Gasteiger partial charge in [0.25, 0.3) is 11.6 Å². The molecule has 8 heteroatoms. The zero-order valence-electron chi connectivity index (χ0n) is 10.8. The first-order valence-electron chi connectivity index (χ1n) is 5.71. The van der Waals surface area contributed by atoms with Crippen molar-refractivity contribution in [2.45, 2.75) is 19.9 Å². The van der Waals surface area contributed by atoms with Crippen LogP contribution >= 0.6 is 15.9 Å². The smallest absolute Gasteiger partial charge is 0.326 e. The second kappa shape index (κ2) is 6.47. The predicted molar refractivity (Wildman–Crippen MR) is 74.5 cm³/mol. The van der Waals surface area contributed by atoms with Crippen LogP contribution in [0, 0.1) is 16.0 Å². The van der Waals surface area contributed by atoms with Crippen LogP contribution in [0.25, 0.3) is 0 Å². The molecule has 7 nitrogen and oxygen atoms in total. The summed E-state index contributed by atoms with van der Waals surface area (Å²) in [5, 5.41) is 22.1. The van der Waals surface area contributed by atoms with Gasteiger partial charge >= 0.3 is 5.97 Å². The number of carbonyl (C=O) groups is 2. The molecular weight excluding hydrogens is 332 g/mol. The van der Waals surface area contributed by atoms with Crippen LogP contribution < -0.4 is 5.32 Å². The Hall–Kier alpha value is -1.96. The van der Waals surface area contributed by atoms with Crippen molar-refractivity contribution >= 4 is 33.5 Å². The number of hydrogen-bond donors (Lipinski definition) is 2. The maximum absolute atomic E-state index is 11.9. The number of benzene rings is 1. The Kier molecular flexibility index (Phi) is 5.20. The number of carboxylic acids is 1. The van der Waals surface area contributed by atoms with Crippen molar-refractivity contribution < 1.29 is 19.6 Å². The number of amides is 1. The summed E-state index contributed by atoms with van der Waals surface area (Å²) in [6.07, 6.45) is 0. The van der Waals surface area contributed by atoms with Gasteiger partial charge < -0.3 is 10.4 Å². The molecule has 0 aliphatic heterocycles. The highest BCUT2D eigenvalue weighted by Crippen LogP contribution is 2.25. The first-order valence-corrected chi connectivity index (χ1v) is 6.51. The van der Waals surface area contributed by atoms with Gasteiger partial charge in [0.05, 0.1) is 9.40 Å². The third-order valence-electron chi connectivity index (χ3n) is 2.62. The summed E-state index contributed by atoms with van der Waals surface area (Å²) in [5.41, 5.74) is -0.221. The van der Waals surface area contributed by atoms with E-state index in [1.54, 1.807) is 13.8 Å². The van der Waals surface area contributed by atoms with Gasteiger partial charge in [0, 0.05) is 11.6 Å². The van der Waals surface area contributed by atoms with Crippen molar-refractivity contribution in [1.82, 2.24) is 5.32 Å². The van der Waals surface area contributed by atoms with Crippen LogP contribution in [-0.2, 0) is 4.79 Å². The van der Waals surface area contributed by atoms with Crippen LogP contribution in [0.1, 0.15) is 24.2 Å². The summed E-state index contributed by atoms with van der Waals surface area (Å²) < 4.78 is 0.248. The third-order valence-corrected chi connectivity index (χ3v) is 3.29. The first kappa shape index (κ1) is 16.1. The van der Waals surface area contributed by atoms with Crippen molar-refractivity contribution in [3.05, 3.63) is 38.3 Å². The number of nitro benzene ring substituents is 1. The van der Waals surface area contributed by atoms with Crippen LogP contribution in [0.2, 0.25) is 0 Å². The zero-order chi connectivity index (χ0) is 15.4. The summed E-state index contributed by atoms with van der Waals surface area (Å²) in [6.45, 7) is 3.31. The lowest BCUT2D eigenvalue weighted by Crippen LogP contribution is -2.44. The van der Waals surface area contributed by atoms with Crippen molar-refractivity contribution in [3.63, 3.8) is 0 Å². The summed E-state index contributed by atoms with van der Waals surface area (Å²) in [5.74, 6) is -2.12. The van der Waals surface area contributed by atoms with Crippen molar-refractivity contribution in [3.8, 4) is 0 Å². The van der Waals surface area contributed by atoms with Gasteiger partial charge in [-0.3, -0.25) is 14.9 Å². The SMILES string of the molecule is CC(C)[C@@H](NC(=O)c1ccc(Br)c([N+](=O)[O-])c1)C(=O)O. The maximum Gasteiger partial charge on any atom is 0.326 e. The van der Waals surface area contributed by atoms with Crippen molar-refractivity contribution in [1.29, 1.82) is 0 Å². The normalized spacial score (nSPS) is 12.0. The Balaban J connectivity index is 3.01. The molecular formula is C12H13BrN2O5. The number of nitro groups is 1. The van der Waals surface area contributed by atoms with Gasteiger partial charge in [-0.1, -0.05) is 13.8 Å². The summed E-state index contributed by atoms with van der Waals surface area (Å²) in [4.78, 5) is 33.1. The van der Waals surface area contributed by atoms with E-state index in [1.807, 2.05) is 0 Å². The molecule has 108 valence electrons. The average molecular weight is 345 g/mol. The van der Waals surface area contributed by atoms with Crippen LogP contribution in [-0.4, -0.2) is 27.9 Å². The average Bonchev–Trinajstić information content (AvgIpc) is 2.34. The Labute approximate surface area is 123 Å². The summed E-state index contributed by atoms with van der Waals surface area (Å²) in [6, 6.07) is 2.80. The summed E-state index contributed by atoms with van der Waals surface area (Å²) >= 11 is 3.01. The lowest BCUT2D eigenvalue weighted by molar-refractivity contribution is -0.385. The molecule has 0 fully saturated rings. The molecule has 1 aromatic rings. The van der Waals surface area contributed by atoms with Crippen LogP contribution in [0.15, 0.2) is 22.7 Å². The topological polar surface area (TPSA) is 110 Å². The second-order valence-corrected chi connectivity index (χ2v) is 5.31. The minimum atomic E-state index is -1.15. The molecule has 0 heterocycles. The molecule has 0 aromatic heterocycles. The number of aliphatic carboxylic acids is 1. The van der Waals surface area contributed by atoms with E-state index in [2.05, 4.69) is 21.2 Å². The van der Waals surface area contributed by atoms with E-state index in [1.165, 1.54) is 12.1 Å². The highest BCUT2D eigenvalue weighted by Gasteiger charge is 2.25. The second-order valence-electron chi connectivity index (χ2n) is 4.46. The van der Waals surface area contributed by atoms with Gasteiger partial charge in [0.2, 0.25) is 0 Å². The Morgan fingerprint density at radius 1 is 1.40 bits per heavy atom. The molecule has 0 aliphatic rings. The molecule has 0 spiro atoms. The molecule has 1 aromatic carbocycles. The van der Waals surface area contributed by atoms with Gasteiger partial charge in [-0.05, 0) is 34.0 Å². The lowest BCUT2D eigenvalue weighted by Gasteiger charge is -2.17. The molecule has 0 bridgehead atoms. The molecule has 0 radical (unpaired) electrons. The van der Waals surface area contributed by atoms with Crippen LogP contribution in [0.5, 0.6) is 0 Å². The number of hydrogen-bond acceptors (Lipinski definition) is 4. The van der Waals surface area contributed by atoms with Crippen LogP contribution in [0.3, 0.4) is 0 Å². The van der Waals surface area contributed by atoms with Crippen molar-refractivity contribution in [2.24, 2.45) is 5.92 Å². The summed E-state index contributed by atoms with van der Waals surface area (Å²) in [7, 11) is 0. The number of carbonyl (C=O) groups excluding carboxylic acids is 1. The highest BCUT2D eigenvalue weighted by molar-refractivity contribution is 9.10. The number of rotatable bonds is 5. The fourth-order valence-electron chi connectivity index (χ4n) is 1.53. The zero-order valence-corrected chi connectivity index (χ0v) is 12.4. The monoisotopic (exact) mass is 344 g/mol. The highest BCUT2D eigenvalue weighted by atomic mass is 79.9. The maximum atomic E-state index is 11.9. The molecule has 1 amide bonds.